The number of aliphatic hydroxyl groups is 1. The van der Waals surface area contributed by atoms with Crippen molar-refractivity contribution in [2.45, 2.75) is 68.8 Å². The van der Waals surface area contributed by atoms with Crippen LogP contribution < -0.4 is 15.4 Å². The van der Waals surface area contributed by atoms with Gasteiger partial charge in [-0.15, -0.1) is 0 Å². The van der Waals surface area contributed by atoms with Gasteiger partial charge in [0.1, 0.15) is 18.0 Å². The summed E-state index contributed by atoms with van der Waals surface area (Å²) in [4.78, 5) is 24.0. The number of carbonyl (C=O) groups excluding carboxylic acids is 2. The lowest BCUT2D eigenvalue weighted by atomic mass is 9.84. The van der Waals surface area contributed by atoms with Crippen LogP contribution in [0.5, 0.6) is 5.75 Å². The van der Waals surface area contributed by atoms with E-state index in [9.17, 15) is 14.7 Å². The van der Waals surface area contributed by atoms with Gasteiger partial charge in [-0.05, 0) is 37.5 Å². The van der Waals surface area contributed by atoms with Crippen molar-refractivity contribution in [1.29, 1.82) is 0 Å². The van der Waals surface area contributed by atoms with Crippen LogP contribution in [-0.2, 0) is 14.3 Å². The Morgan fingerprint density at radius 1 is 1.28 bits per heavy atom. The molecule has 0 aromatic heterocycles. The van der Waals surface area contributed by atoms with Crippen LogP contribution in [0.15, 0.2) is 18.2 Å². The molecule has 0 bridgehead atoms. The third-order valence-electron chi connectivity index (χ3n) is 6.07. The Morgan fingerprint density at radius 2 is 2.07 bits per heavy atom. The van der Waals surface area contributed by atoms with Crippen LogP contribution in [0, 0.1) is 0 Å². The molecule has 2 fully saturated rings. The Morgan fingerprint density at radius 3 is 2.79 bits per heavy atom. The second-order valence-electron chi connectivity index (χ2n) is 8.02. The fourth-order valence-corrected chi connectivity index (χ4v) is 4.66. The van der Waals surface area contributed by atoms with Crippen LogP contribution in [0.25, 0.3) is 0 Å². The third kappa shape index (κ3) is 4.33. The molecule has 29 heavy (non-hydrogen) atoms. The van der Waals surface area contributed by atoms with Gasteiger partial charge in [0.05, 0.1) is 26.2 Å². The number of amides is 2. The maximum absolute atomic E-state index is 12.3. The second kappa shape index (κ2) is 8.59. The third-order valence-corrected chi connectivity index (χ3v) is 6.07. The number of urea groups is 1. The van der Waals surface area contributed by atoms with Crippen molar-refractivity contribution in [3.63, 3.8) is 0 Å². The predicted molar refractivity (Wildman–Crippen MR) is 105 cm³/mol. The molecular formula is C21H28N2O6. The highest BCUT2D eigenvalue weighted by Gasteiger charge is 2.46. The molecule has 1 saturated heterocycles. The molecule has 158 valence electrons. The highest BCUT2D eigenvalue weighted by atomic mass is 16.6. The lowest BCUT2D eigenvalue weighted by Crippen LogP contribution is -2.46. The molecule has 0 radical (unpaired) electrons. The average molecular weight is 404 g/mol. The van der Waals surface area contributed by atoms with E-state index in [1.165, 1.54) is 7.11 Å². The second-order valence-corrected chi connectivity index (χ2v) is 8.02. The summed E-state index contributed by atoms with van der Waals surface area (Å²) in [6.07, 6.45) is 3.91. The van der Waals surface area contributed by atoms with Crippen molar-refractivity contribution >= 4 is 17.7 Å². The van der Waals surface area contributed by atoms with E-state index in [-0.39, 0.29) is 49.2 Å². The van der Waals surface area contributed by atoms with Crippen LogP contribution in [0.1, 0.15) is 50.0 Å². The Labute approximate surface area is 169 Å². The molecule has 2 heterocycles. The minimum atomic E-state index is -0.516. The van der Waals surface area contributed by atoms with Gasteiger partial charge in [-0.25, -0.2) is 4.79 Å². The van der Waals surface area contributed by atoms with E-state index in [0.717, 1.165) is 37.0 Å². The molecule has 1 aromatic carbocycles. The predicted octanol–water partition coefficient (Wildman–Crippen LogP) is 2.31. The van der Waals surface area contributed by atoms with Gasteiger partial charge in [-0.1, -0.05) is 12.8 Å². The smallest absolute Gasteiger partial charge is 0.319 e. The van der Waals surface area contributed by atoms with E-state index in [1.807, 2.05) is 18.2 Å². The van der Waals surface area contributed by atoms with Crippen molar-refractivity contribution in [1.82, 2.24) is 5.32 Å². The quantitative estimate of drug-likeness (QED) is 0.651. The van der Waals surface area contributed by atoms with E-state index >= 15 is 0 Å². The summed E-state index contributed by atoms with van der Waals surface area (Å²) in [6, 6.07) is 5.62. The maximum atomic E-state index is 12.3. The number of hydrogen-bond acceptors (Lipinski definition) is 6. The van der Waals surface area contributed by atoms with Crippen molar-refractivity contribution in [2.75, 3.05) is 19.0 Å². The monoisotopic (exact) mass is 404 g/mol. The number of esters is 1. The van der Waals surface area contributed by atoms with Gasteiger partial charge in [0.25, 0.3) is 0 Å². The summed E-state index contributed by atoms with van der Waals surface area (Å²) in [5.74, 6) is 0.357. The Balaban J connectivity index is 1.47. The zero-order chi connectivity index (χ0) is 20.4. The van der Waals surface area contributed by atoms with Crippen LogP contribution >= 0.6 is 0 Å². The summed E-state index contributed by atoms with van der Waals surface area (Å²) in [5, 5.41) is 15.7. The molecule has 0 spiro atoms. The number of benzene rings is 1. The minimum absolute atomic E-state index is 0.0230. The van der Waals surface area contributed by atoms with E-state index in [4.69, 9.17) is 14.2 Å². The van der Waals surface area contributed by atoms with Crippen LogP contribution in [0.4, 0.5) is 10.5 Å². The van der Waals surface area contributed by atoms with E-state index in [1.54, 1.807) is 0 Å². The van der Waals surface area contributed by atoms with Gasteiger partial charge in [0, 0.05) is 23.2 Å². The number of anilines is 1. The number of carbonyl (C=O) groups is 2. The molecule has 3 N–H and O–H groups in total. The number of ether oxygens (including phenoxy) is 3. The normalized spacial score (nSPS) is 28.2. The van der Waals surface area contributed by atoms with Crippen LogP contribution in [0.3, 0.4) is 0 Å². The molecule has 2 aliphatic heterocycles. The Hall–Kier alpha value is -2.32. The first-order chi connectivity index (χ1) is 14.1. The number of nitrogens with one attached hydrogen (secondary N) is 2. The molecule has 2 amide bonds. The average Bonchev–Trinajstić information content (AvgIpc) is 3.34. The number of fused-ring (bicyclic) bond motifs is 3. The van der Waals surface area contributed by atoms with Gasteiger partial charge in [0.2, 0.25) is 0 Å². The standard InChI is InChI=1S/C21H28N2O6/c1-27-19(25)10-14-9-16-15-8-13(23-21(26)22-12-4-2-3-5-12)6-7-17(15)29-20(16)18(11-24)28-14/h6-8,12,14,16,18,20,24H,2-5,9-11H2,1H3,(H2,22,23,26)/t14-,16+,18+,20-/m1/s1. The SMILES string of the molecule is COC(=O)C[C@H]1C[C@H]2c3cc(NC(=O)NC4CCCC4)ccc3O[C@H]2[C@H](CO)O1. The van der Waals surface area contributed by atoms with Crippen molar-refractivity contribution in [2.24, 2.45) is 0 Å². The van der Waals surface area contributed by atoms with Crippen molar-refractivity contribution in [3.05, 3.63) is 23.8 Å². The maximum Gasteiger partial charge on any atom is 0.319 e. The number of rotatable bonds is 5. The molecular weight excluding hydrogens is 376 g/mol. The summed E-state index contributed by atoms with van der Waals surface area (Å²) in [5.41, 5.74) is 1.66. The fraction of sp³-hybridized carbons (Fsp3) is 0.619. The summed E-state index contributed by atoms with van der Waals surface area (Å²) in [7, 11) is 1.35. The van der Waals surface area contributed by atoms with Gasteiger partial charge in [0.15, 0.2) is 0 Å². The molecule has 8 heteroatoms. The molecule has 4 rings (SSSR count). The minimum Gasteiger partial charge on any atom is -0.487 e. The first-order valence-corrected chi connectivity index (χ1v) is 10.3. The summed E-state index contributed by atoms with van der Waals surface area (Å²) >= 11 is 0. The van der Waals surface area contributed by atoms with Crippen molar-refractivity contribution < 1.29 is 28.9 Å². The van der Waals surface area contributed by atoms with Gasteiger partial charge >= 0.3 is 12.0 Å². The van der Waals surface area contributed by atoms with Crippen molar-refractivity contribution in [3.8, 4) is 5.75 Å². The topological polar surface area (TPSA) is 106 Å². The van der Waals surface area contributed by atoms with E-state index in [2.05, 4.69) is 10.6 Å². The zero-order valence-corrected chi connectivity index (χ0v) is 16.6. The van der Waals surface area contributed by atoms with Crippen LogP contribution in [-0.4, -0.2) is 55.2 Å². The van der Waals surface area contributed by atoms with E-state index in [0.29, 0.717) is 12.1 Å². The zero-order valence-electron chi connectivity index (χ0n) is 16.6. The largest absolute Gasteiger partial charge is 0.487 e. The van der Waals surface area contributed by atoms with Gasteiger partial charge in [-0.3, -0.25) is 4.79 Å². The first kappa shape index (κ1) is 20.0. The highest BCUT2D eigenvalue weighted by molar-refractivity contribution is 5.89. The fourth-order valence-electron chi connectivity index (χ4n) is 4.66. The molecule has 8 nitrogen and oxygen atoms in total. The molecule has 1 aromatic rings. The lowest BCUT2D eigenvalue weighted by molar-refractivity contribution is -0.156. The molecule has 3 aliphatic rings. The Kier molecular flexibility index (Phi) is 5.91. The molecule has 4 atom stereocenters. The van der Waals surface area contributed by atoms with E-state index < -0.39 is 6.10 Å². The molecule has 0 unspecified atom stereocenters. The number of aliphatic hydroxyl groups excluding tert-OH is 1. The Bertz CT molecular complexity index is 764. The lowest BCUT2D eigenvalue weighted by Gasteiger charge is -2.36. The number of methoxy groups -OCH3 is 1. The first-order valence-electron chi connectivity index (χ1n) is 10.3. The van der Waals surface area contributed by atoms with Gasteiger partial charge < -0.3 is 30.0 Å². The molecule has 1 saturated carbocycles. The summed E-state index contributed by atoms with van der Waals surface area (Å²) in [6.45, 7) is -0.193. The van der Waals surface area contributed by atoms with Crippen LogP contribution in [0.2, 0.25) is 0 Å². The van der Waals surface area contributed by atoms with Gasteiger partial charge in [-0.2, -0.15) is 0 Å². The molecule has 1 aliphatic carbocycles. The number of hydrogen-bond donors (Lipinski definition) is 3. The summed E-state index contributed by atoms with van der Waals surface area (Å²) < 4.78 is 16.7. The highest BCUT2D eigenvalue weighted by Crippen LogP contribution is 2.47.